The summed E-state index contributed by atoms with van der Waals surface area (Å²) in [5.74, 6) is -0.124. The molecular weight excluding hydrogens is 264 g/mol. The van der Waals surface area contributed by atoms with E-state index < -0.39 is 9.84 Å². The Morgan fingerprint density at radius 3 is 2.42 bits per heavy atom. The highest BCUT2D eigenvalue weighted by Crippen LogP contribution is 2.12. The van der Waals surface area contributed by atoms with Crippen molar-refractivity contribution in [1.82, 2.24) is 0 Å². The SMILES string of the molecule is CCC(C)OCCS(=O)(=O)c1ccc(C(=N)N)cc1. The van der Waals surface area contributed by atoms with Crippen molar-refractivity contribution < 1.29 is 13.2 Å². The van der Waals surface area contributed by atoms with Crippen LogP contribution in [0, 0.1) is 5.41 Å². The van der Waals surface area contributed by atoms with E-state index in [2.05, 4.69) is 0 Å². The number of sulfone groups is 1. The molecule has 1 unspecified atom stereocenters. The van der Waals surface area contributed by atoms with Crippen LogP contribution in [0.1, 0.15) is 25.8 Å². The molecule has 0 fully saturated rings. The molecule has 1 aromatic rings. The quantitative estimate of drug-likeness (QED) is 0.587. The van der Waals surface area contributed by atoms with E-state index in [1.807, 2.05) is 13.8 Å². The highest BCUT2D eigenvalue weighted by molar-refractivity contribution is 7.91. The molecule has 1 rings (SSSR count). The Bertz CT molecular complexity index is 523. The Kier molecular flexibility index (Phi) is 5.50. The van der Waals surface area contributed by atoms with Crippen molar-refractivity contribution in [2.45, 2.75) is 31.3 Å². The summed E-state index contributed by atoms with van der Waals surface area (Å²) in [6.45, 7) is 4.08. The number of nitrogens with two attached hydrogens (primary N) is 1. The number of benzene rings is 1. The van der Waals surface area contributed by atoms with Gasteiger partial charge >= 0.3 is 0 Å². The van der Waals surface area contributed by atoms with E-state index in [1.165, 1.54) is 24.3 Å². The van der Waals surface area contributed by atoms with Crippen molar-refractivity contribution in [3.05, 3.63) is 29.8 Å². The minimum atomic E-state index is -3.34. The highest BCUT2D eigenvalue weighted by Gasteiger charge is 2.15. The Labute approximate surface area is 114 Å². The van der Waals surface area contributed by atoms with Crippen LogP contribution >= 0.6 is 0 Å². The average molecular weight is 284 g/mol. The Balaban J connectivity index is 2.69. The van der Waals surface area contributed by atoms with Crippen LogP contribution in [0.5, 0.6) is 0 Å². The van der Waals surface area contributed by atoms with Gasteiger partial charge in [-0.25, -0.2) is 8.42 Å². The number of rotatable bonds is 7. The Hall–Kier alpha value is -1.40. The largest absolute Gasteiger partial charge is 0.384 e. The van der Waals surface area contributed by atoms with Crippen molar-refractivity contribution in [2.24, 2.45) is 5.73 Å². The molecule has 0 spiro atoms. The molecule has 19 heavy (non-hydrogen) atoms. The van der Waals surface area contributed by atoms with Crippen molar-refractivity contribution >= 4 is 15.7 Å². The Morgan fingerprint density at radius 1 is 1.37 bits per heavy atom. The molecule has 1 atom stereocenters. The van der Waals surface area contributed by atoms with Crippen molar-refractivity contribution in [2.75, 3.05) is 12.4 Å². The van der Waals surface area contributed by atoms with Crippen LogP contribution < -0.4 is 5.73 Å². The lowest BCUT2D eigenvalue weighted by atomic mass is 10.2. The first-order chi connectivity index (χ1) is 8.86. The summed E-state index contributed by atoms with van der Waals surface area (Å²) in [5, 5.41) is 7.25. The minimum absolute atomic E-state index is 0.0449. The normalized spacial score (nSPS) is 13.2. The molecule has 0 amide bonds. The van der Waals surface area contributed by atoms with Crippen LogP contribution in [0.15, 0.2) is 29.2 Å². The summed E-state index contributed by atoms with van der Waals surface area (Å²) in [5.41, 5.74) is 5.82. The van der Waals surface area contributed by atoms with Gasteiger partial charge in [-0.3, -0.25) is 5.41 Å². The van der Waals surface area contributed by atoms with E-state index in [9.17, 15) is 8.42 Å². The summed E-state index contributed by atoms with van der Waals surface area (Å²) in [4.78, 5) is 0.227. The van der Waals surface area contributed by atoms with Gasteiger partial charge in [0.25, 0.3) is 0 Å². The van der Waals surface area contributed by atoms with Crippen LogP contribution in [0.25, 0.3) is 0 Å². The number of nitrogen functional groups attached to an aromatic ring is 1. The molecule has 1 aromatic carbocycles. The second-order valence-corrected chi connectivity index (χ2v) is 6.46. The molecule has 5 nitrogen and oxygen atoms in total. The lowest BCUT2D eigenvalue weighted by Gasteiger charge is -2.10. The highest BCUT2D eigenvalue weighted by atomic mass is 32.2. The topological polar surface area (TPSA) is 93.2 Å². The molecular formula is C13H20N2O3S. The zero-order chi connectivity index (χ0) is 14.5. The van der Waals surface area contributed by atoms with Crippen LogP contribution in [-0.2, 0) is 14.6 Å². The molecule has 0 aliphatic rings. The molecule has 0 saturated heterocycles. The number of nitrogens with one attached hydrogen (secondary N) is 1. The first kappa shape index (κ1) is 15.7. The zero-order valence-corrected chi connectivity index (χ0v) is 12.0. The number of ether oxygens (including phenoxy) is 1. The third kappa shape index (κ3) is 4.65. The van der Waals surface area contributed by atoms with Gasteiger partial charge in [0, 0.05) is 5.56 Å². The monoisotopic (exact) mass is 284 g/mol. The molecule has 0 aliphatic carbocycles. The summed E-state index contributed by atoms with van der Waals surface area (Å²) >= 11 is 0. The van der Waals surface area contributed by atoms with Crippen LogP contribution in [-0.4, -0.2) is 32.7 Å². The van der Waals surface area contributed by atoms with E-state index in [-0.39, 0.29) is 29.2 Å². The second-order valence-electron chi connectivity index (χ2n) is 4.35. The maximum Gasteiger partial charge on any atom is 0.180 e. The van der Waals surface area contributed by atoms with Crippen LogP contribution in [0.4, 0.5) is 0 Å². The van der Waals surface area contributed by atoms with Gasteiger partial charge in [0.1, 0.15) is 5.84 Å². The van der Waals surface area contributed by atoms with Crippen LogP contribution in [0.2, 0.25) is 0 Å². The minimum Gasteiger partial charge on any atom is -0.384 e. The smallest absolute Gasteiger partial charge is 0.180 e. The molecule has 3 N–H and O–H groups in total. The van der Waals surface area contributed by atoms with E-state index in [1.54, 1.807) is 0 Å². The van der Waals surface area contributed by atoms with Gasteiger partial charge in [-0.05, 0) is 25.5 Å². The third-order valence-corrected chi connectivity index (χ3v) is 4.55. The second kappa shape index (κ2) is 6.68. The van der Waals surface area contributed by atoms with E-state index in [0.29, 0.717) is 5.56 Å². The molecule has 0 aliphatic heterocycles. The molecule has 0 radical (unpaired) electrons. The van der Waals surface area contributed by atoms with Gasteiger partial charge in [-0.1, -0.05) is 19.1 Å². The van der Waals surface area contributed by atoms with Crippen molar-refractivity contribution in [3.63, 3.8) is 0 Å². The number of hydrogen-bond acceptors (Lipinski definition) is 4. The van der Waals surface area contributed by atoms with Gasteiger partial charge in [0.2, 0.25) is 0 Å². The lowest BCUT2D eigenvalue weighted by Crippen LogP contribution is -2.17. The van der Waals surface area contributed by atoms with E-state index >= 15 is 0 Å². The third-order valence-electron chi connectivity index (χ3n) is 2.85. The fraction of sp³-hybridized carbons (Fsp3) is 0.462. The molecule has 6 heteroatoms. The van der Waals surface area contributed by atoms with E-state index in [4.69, 9.17) is 15.9 Å². The lowest BCUT2D eigenvalue weighted by molar-refractivity contribution is 0.0752. The predicted molar refractivity (Wildman–Crippen MR) is 75.2 cm³/mol. The number of amidine groups is 1. The van der Waals surface area contributed by atoms with Gasteiger partial charge in [-0.2, -0.15) is 0 Å². The maximum absolute atomic E-state index is 12.0. The predicted octanol–water partition coefficient (Wildman–Crippen LogP) is 1.56. The molecule has 0 aromatic heterocycles. The molecule has 0 saturated carbocycles. The van der Waals surface area contributed by atoms with Gasteiger partial charge < -0.3 is 10.5 Å². The van der Waals surface area contributed by atoms with Gasteiger partial charge in [0.15, 0.2) is 9.84 Å². The van der Waals surface area contributed by atoms with Crippen molar-refractivity contribution in [3.8, 4) is 0 Å². The number of hydrogen-bond donors (Lipinski definition) is 2. The summed E-state index contributed by atoms with van der Waals surface area (Å²) in [6, 6.07) is 6.00. The summed E-state index contributed by atoms with van der Waals surface area (Å²) in [7, 11) is -3.34. The van der Waals surface area contributed by atoms with Gasteiger partial charge in [0.05, 0.1) is 23.4 Å². The fourth-order valence-electron chi connectivity index (χ4n) is 1.44. The Morgan fingerprint density at radius 2 is 1.95 bits per heavy atom. The molecule has 0 heterocycles. The van der Waals surface area contributed by atoms with Crippen molar-refractivity contribution in [1.29, 1.82) is 5.41 Å². The average Bonchev–Trinajstić information content (AvgIpc) is 2.38. The standard InChI is InChI=1S/C13H20N2O3S/c1-3-10(2)18-8-9-19(16,17)12-6-4-11(5-7-12)13(14)15/h4-7,10H,3,8-9H2,1-2H3,(H3,14,15). The molecule has 106 valence electrons. The summed E-state index contributed by atoms with van der Waals surface area (Å²) in [6.07, 6.45) is 0.920. The fourth-order valence-corrected chi connectivity index (χ4v) is 2.54. The zero-order valence-electron chi connectivity index (χ0n) is 11.2. The van der Waals surface area contributed by atoms with E-state index in [0.717, 1.165) is 6.42 Å². The van der Waals surface area contributed by atoms with Crippen LogP contribution in [0.3, 0.4) is 0 Å². The van der Waals surface area contributed by atoms with Gasteiger partial charge in [-0.15, -0.1) is 0 Å². The first-order valence-electron chi connectivity index (χ1n) is 6.15. The molecule has 0 bridgehead atoms. The first-order valence-corrected chi connectivity index (χ1v) is 7.81. The maximum atomic E-state index is 12.0. The summed E-state index contributed by atoms with van der Waals surface area (Å²) < 4.78 is 29.4.